The van der Waals surface area contributed by atoms with Gasteiger partial charge in [-0.2, -0.15) is 0 Å². The van der Waals surface area contributed by atoms with Crippen LogP contribution in [0.15, 0.2) is 97.1 Å². The largest absolute Gasteiger partial charge is 0.508 e. The Labute approximate surface area is 587 Å². The molecule has 530 valence electrons. The molecule has 0 aromatic heterocycles. The summed E-state index contributed by atoms with van der Waals surface area (Å²) >= 11 is 0. The summed E-state index contributed by atoms with van der Waals surface area (Å²) in [5.74, 6) is 4.41. The van der Waals surface area contributed by atoms with Crippen molar-refractivity contribution in [3.63, 3.8) is 0 Å². The predicted molar refractivity (Wildman–Crippen MR) is 410 cm³/mol. The lowest BCUT2D eigenvalue weighted by atomic mass is 9.81. The minimum absolute atomic E-state index is 0.199. The highest BCUT2D eigenvalue weighted by molar-refractivity contribution is 7.42. The van der Waals surface area contributed by atoms with Crippen molar-refractivity contribution in [3.05, 3.63) is 175 Å². The van der Waals surface area contributed by atoms with E-state index in [1.165, 1.54) is 133 Å². The van der Waals surface area contributed by atoms with Crippen LogP contribution in [-0.4, -0.2) is 23.4 Å². The Hall–Kier alpha value is -5.10. The number of phenols is 2. The van der Waals surface area contributed by atoms with Crippen LogP contribution in [0.5, 0.6) is 34.5 Å². The van der Waals surface area contributed by atoms with E-state index in [2.05, 4.69) is 168 Å². The second kappa shape index (κ2) is 45.5. The van der Waals surface area contributed by atoms with Crippen molar-refractivity contribution >= 4 is 17.2 Å². The lowest BCUT2D eigenvalue weighted by molar-refractivity contribution is 0.246. The number of hydrogen-bond donors (Lipinski definition) is 2. The van der Waals surface area contributed by atoms with Gasteiger partial charge in [-0.1, -0.05) is 219 Å². The van der Waals surface area contributed by atoms with Crippen LogP contribution < -0.4 is 18.1 Å². The fourth-order valence-corrected chi connectivity index (χ4v) is 15.5. The molecule has 6 aromatic carbocycles. The van der Waals surface area contributed by atoms with Gasteiger partial charge in [0.2, 0.25) is 0 Å². The molecule has 10 heteroatoms. The summed E-state index contributed by atoms with van der Waals surface area (Å²) in [6, 6.07) is 35.1. The molecule has 0 spiro atoms. The highest BCUT2D eigenvalue weighted by Gasteiger charge is 2.27. The molecule has 0 radical (unpaired) electrons. The quantitative estimate of drug-likeness (QED) is 0.0288. The van der Waals surface area contributed by atoms with E-state index < -0.39 is 17.2 Å². The van der Waals surface area contributed by atoms with Gasteiger partial charge in [-0.15, -0.1) is 0 Å². The van der Waals surface area contributed by atoms with E-state index >= 15 is 0 Å². The molecule has 0 saturated heterocycles. The number of phenolic OH excluding ortho intramolecular Hbond substituents is 2. The van der Waals surface area contributed by atoms with Crippen molar-refractivity contribution < 1.29 is 37.4 Å². The van der Waals surface area contributed by atoms with Crippen LogP contribution in [0.4, 0.5) is 0 Å². The first-order valence-corrected chi connectivity index (χ1v) is 40.6. The fraction of sp³-hybridized carbons (Fsp3) is 0.581. The first kappa shape index (κ1) is 79.9. The summed E-state index contributed by atoms with van der Waals surface area (Å²) < 4.78 is 41.0. The Morgan fingerprint density at radius 1 is 0.302 bits per heavy atom. The van der Waals surface area contributed by atoms with Gasteiger partial charge in [-0.05, 0) is 257 Å². The highest BCUT2D eigenvalue weighted by Crippen LogP contribution is 2.48. The number of hydrogen-bond acceptors (Lipinski definition) is 8. The van der Waals surface area contributed by atoms with Gasteiger partial charge in [0.05, 0.1) is 13.2 Å². The van der Waals surface area contributed by atoms with Gasteiger partial charge in [0.25, 0.3) is 0 Å². The summed E-state index contributed by atoms with van der Waals surface area (Å²) in [5, 5.41) is 22.1. The van der Waals surface area contributed by atoms with Crippen LogP contribution >= 0.6 is 17.2 Å². The lowest BCUT2D eigenvalue weighted by Crippen LogP contribution is -2.09. The van der Waals surface area contributed by atoms with E-state index in [1.54, 1.807) is 0 Å². The van der Waals surface area contributed by atoms with Crippen molar-refractivity contribution in [2.45, 2.75) is 313 Å². The number of rotatable bonds is 51. The summed E-state index contributed by atoms with van der Waals surface area (Å²) in [7, 11) is -3.61. The van der Waals surface area contributed by atoms with Crippen LogP contribution in [0.25, 0.3) is 0 Å². The third-order valence-electron chi connectivity index (χ3n) is 19.3. The predicted octanol–water partition coefficient (Wildman–Crippen LogP) is 27.0. The van der Waals surface area contributed by atoms with Gasteiger partial charge in [0.15, 0.2) is 0 Å². The van der Waals surface area contributed by atoms with Crippen LogP contribution in [0.3, 0.4) is 0 Å². The molecule has 0 saturated carbocycles. The average Bonchev–Trinajstić information content (AvgIpc) is 0.796. The zero-order chi connectivity index (χ0) is 68.9. The monoisotopic (exact) mass is 1350 g/mol. The first-order valence-electron chi connectivity index (χ1n) is 38.4. The van der Waals surface area contributed by atoms with Gasteiger partial charge in [-0.25, -0.2) is 0 Å². The summed E-state index contributed by atoms with van der Waals surface area (Å²) in [6.07, 6.45) is 37.3. The zero-order valence-corrected chi connectivity index (χ0v) is 63.9. The molecule has 96 heavy (non-hydrogen) atoms. The molecule has 0 aliphatic heterocycles. The number of unbranched alkanes of at least 4 members (excludes halogenated alkanes) is 17. The molecular weight excluding hydrogens is 1220 g/mol. The second-order valence-electron chi connectivity index (χ2n) is 27.6. The highest BCUT2D eigenvalue weighted by atomic mass is 31.2. The zero-order valence-electron chi connectivity index (χ0n) is 62.1. The molecule has 0 heterocycles. The second-order valence-corrected chi connectivity index (χ2v) is 29.8. The van der Waals surface area contributed by atoms with E-state index in [-0.39, 0.29) is 11.8 Å². The summed E-state index contributed by atoms with van der Waals surface area (Å²) in [6.45, 7) is 27.8. The van der Waals surface area contributed by atoms with Crippen molar-refractivity contribution in [2.24, 2.45) is 0 Å². The van der Waals surface area contributed by atoms with E-state index in [0.29, 0.717) is 24.7 Å². The molecule has 0 bridgehead atoms. The third-order valence-corrected chi connectivity index (χ3v) is 21.5. The van der Waals surface area contributed by atoms with Gasteiger partial charge in [-0.3, -0.25) is 9.05 Å². The topological polar surface area (TPSA) is 95.8 Å². The van der Waals surface area contributed by atoms with E-state index in [1.807, 2.05) is 12.1 Å². The van der Waals surface area contributed by atoms with Gasteiger partial charge in [0, 0.05) is 11.8 Å². The minimum atomic E-state index is -1.80. The third kappa shape index (κ3) is 26.9. The normalized spacial score (nSPS) is 12.8. The first-order chi connectivity index (χ1) is 46.8. The maximum Gasteiger partial charge on any atom is 0.463 e. The van der Waals surface area contributed by atoms with Gasteiger partial charge in [0.1, 0.15) is 34.5 Å². The smallest absolute Gasteiger partial charge is 0.463 e. The molecule has 4 unspecified atom stereocenters. The number of aromatic hydroxyl groups is 2. The Morgan fingerprint density at radius 2 is 0.604 bits per heavy atom. The number of aryl methyl sites for hydroxylation is 10. The van der Waals surface area contributed by atoms with Crippen LogP contribution in [0.1, 0.15) is 325 Å². The van der Waals surface area contributed by atoms with E-state index in [0.717, 1.165) is 187 Å². The van der Waals surface area contributed by atoms with Crippen molar-refractivity contribution in [1.82, 2.24) is 0 Å². The summed E-state index contributed by atoms with van der Waals surface area (Å²) in [5.41, 5.74) is 17.1. The fourth-order valence-electron chi connectivity index (χ4n) is 13.4. The molecule has 6 rings (SSSR count). The standard InChI is InChI=1S/C86H128O8P2/c1-13-21-27-29-31-35-41-69-47-51-75(52-48-69)91-95(93-85-59-67(11)81(63-73(85)45-25-17-5)77(39-19-7)79-61-71(43-23-15-3)83(87)57-65(79)9)89-55-37-33-34-38-56-90-96(92-76-53-49-70(50-54-76)42-36-32-30-28-22-14-2)94-86-60-68(12)82(64-74(86)46-26-18-6)78(40-20-8)80-62-72(44-24-16-4)84(88)58-66(80)10/h47-54,57-64,77-78,87-88H,13-46,55-56H2,1-12H3. The maximum atomic E-state index is 11.0. The van der Waals surface area contributed by atoms with Gasteiger partial charge >= 0.3 is 17.2 Å². The molecule has 4 atom stereocenters. The molecule has 0 amide bonds. The van der Waals surface area contributed by atoms with Crippen LogP contribution in [-0.2, 0) is 47.6 Å². The molecule has 6 aromatic rings. The molecular formula is C86H128O8P2. The Kier molecular flexibility index (Phi) is 37.9. The van der Waals surface area contributed by atoms with Crippen LogP contribution in [0.2, 0.25) is 0 Å². The van der Waals surface area contributed by atoms with Gasteiger partial charge < -0.3 is 28.3 Å². The maximum absolute atomic E-state index is 11.0. The summed E-state index contributed by atoms with van der Waals surface area (Å²) in [4.78, 5) is 0. The van der Waals surface area contributed by atoms with Crippen molar-refractivity contribution in [3.8, 4) is 34.5 Å². The average molecular weight is 1350 g/mol. The van der Waals surface area contributed by atoms with Crippen LogP contribution in [0, 0.1) is 27.7 Å². The Bertz CT molecular complexity index is 2910. The van der Waals surface area contributed by atoms with Crippen molar-refractivity contribution in [2.75, 3.05) is 13.2 Å². The molecule has 0 aliphatic carbocycles. The van der Waals surface area contributed by atoms with E-state index in [9.17, 15) is 10.2 Å². The molecule has 0 aliphatic rings. The van der Waals surface area contributed by atoms with Crippen molar-refractivity contribution in [1.29, 1.82) is 0 Å². The Morgan fingerprint density at radius 3 is 0.948 bits per heavy atom. The Balaban J connectivity index is 1.19. The number of benzene rings is 6. The minimum Gasteiger partial charge on any atom is -0.508 e. The molecule has 2 N–H and O–H groups in total. The SMILES string of the molecule is CCCCCCCCc1ccc(OP(OCCCCCCOP(Oc2ccc(CCCCCCCC)cc2)Oc2cc(C)c(C(CCC)c3cc(CCCC)c(O)cc3C)cc2CCCC)Oc2cc(C)c(C(CCC)c3cc(CCCC)c(O)cc3C)cc2CCCC)cc1. The lowest BCUT2D eigenvalue weighted by Gasteiger charge is -2.26. The molecule has 8 nitrogen and oxygen atoms in total. The molecule has 0 fully saturated rings. The van der Waals surface area contributed by atoms with E-state index in [4.69, 9.17) is 27.1 Å².